The Morgan fingerprint density at radius 1 is 1.11 bits per heavy atom. The minimum Gasteiger partial charge on any atom is -0.377 e. The topological polar surface area (TPSA) is 73.5 Å². The van der Waals surface area contributed by atoms with Crippen LogP contribution in [0.15, 0.2) is 36.4 Å². The molecule has 148 valence electrons. The first-order chi connectivity index (χ1) is 13.3. The van der Waals surface area contributed by atoms with Crippen molar-refractivity contribution in [2.24, 2.45) is 0 Å². The fourth-order valence-electron chi connectivity index (χ4n) is 3.08. The highest BCUT2D eigenvalue weighted by Gasteiger charge is 2.40. The van der Waals surface area contributed by atoms with E-state index in [2.05, 4.69) is 16.0 Å². The number of hydrogen-bond acceptors (Lipinski definition) is 3. The van der Waals surface area contributed by atoms with Crippen LogP contribution in [0.3, 0.4) is 0 Å². The first-order valence-corrected chi connectivity index (χ1v) is 8.53. The summed E-state index contributed by atoms with van der Waals surface area (Å²) in [6.45, 7) is -0.0184. The first kappa shape index (κ1) is 19.5. The number of amides is 3. The third-order valence-electron chi connectivity index (χ3n) is 4.52. The van der Waals surface area contributed by atoms with E-state index in [0.717, 1.165) is 12.1 Å². The van der Waals surface area contributed by atoms with Gasteiger partial charge in [-0.05, 0) is 36.4 Å². The highest BCUT2D eigenvalue weighted by Crippen LogP contribution is 2.31. The molecular weight excluding hydrogens is 373 g/mol. The molecule has 1 aliphatic heterocycles. The minimum atomic E-state index is -1.16. The minimum absolute atomic E-state index is 0.0184. The van der Waals surface area contributed by atoms with Gasteiger partial charge >= 0.3 is 6.03 Å². The highest BCUT2D eigenvalue weighted by atomic mass is 19.1. The molecule has 0 bridgehead atoms. The molecule has 2 aromatic carbocycles. The van der Waals surface area contributed by atoms with Gasteiger partial charge < -0.3 is 20.9 Å². The molecule has 0 radical (unpaired) electrons. The van der Waals surface area contributed by atoms with Gasteiger partial charge in [-0.3, -0.25) is 4.79 Å². The van der Waals surface area contributed by atoms with Gasteiger partial charge in [0, 0.05) is 43.5 Å². The van der Waals surface area contributed by atoms with E-state index < -0.39 is 41.3 Å². The molecule has 0 aromatic heterocycles. The van der Waals surface area contributed by atoms with Crippen LogP contribution in [0.2, 0.25) is 0 Å². The zero-order chi connectivity index (χ0) is 20.4. The van der Waals surface area contributed by atoms with Crippen LogP contribution in [0.1, 0.15) is 11.5 Å². The van der Waals surface area contributed by atoms with Crippen molar-refractivity contribution in [3.05, 3.63) is 59.4 Å². The van der Waals surface area contributed by atoms with E-state index in [1.807, 2.05) is 0 Å². The van der Waals surface area contributed by atoms with Gasteiger partial charge in [-0.25, -0.2) is 18.0 Å². The number of anilines is 2. The molecule has 2 aromatic rings. The first-order valence-electron chi connectivity index (χ1n) is 8.53. The summed E-state index contributed by atoms with van der Waals surface area (Å²) in [5, 5.41) is 7.40. The Morgan fingerprint density at radius 2 is 1.71 bits per heavy atom. The van der Waals surface area contributed by atoms with Crippen molar-refractivity contribution in [2.75, 3.05) is 30.9 Å². The second-order valence-electron chi connectivity index (χ2n) is 6.65. The Hall–Kier alpha value is -3.23. The molecular formula is C19H19F3N4O2. The number of hydrogen-bond donors (Lipinski definition) is 3. The molecule has 3 N–H and O–H groups in total. The predicted octanol–water partition coefficient (Wildman–Crippen LogP) is 2.57. The molecule has 1 aliphatic rings. The van der Waals surface area contributed by atoms with Crippen molar-refractivity contribution in [2.45, 2.75) is 12.0 Å². The smallest absolute Gasteiger partial charge is 0.319 e. The van der Waals surface area contributed by atoms with E-state index >= 15 is 0 Å². The monoisotopic (exact) mass is 392 g/mol. The van der Waals surface area contributed by atoms with Crippen LogP contribution in [0.5, 0.6) is 0 Å². The van der Waals surface area contributed by atoms with Gasteiger partial charge in [-0.15, -0.1) is 0 Å². The lowest BCUT2D eigenvalue weighted by atomic mass is 9.92. The third kappa shape index (κ3) is 4.03. The normalized spacial score (nSPS) is 18.5. The third-order valence-corrected chi connectivity index (χ3v) is 4.52. The van der Waals surface area contributed by atoms with E-state index in [-0.39, 0.29) is 12.1 Å². The molecule has 6 nitrogen and oxygen atoms in total. The number of rotatable bonds is 4. The van der Waals surface area contributed by atoms with Crippen molar-refractivity contribution in [3.8, 4) is 0 Å². The highest BCUT2D eigenvalue weighted by molar-refractivity contribution is 5.95. The Balaban J connectivity index is 1.80. The quantitative estimate of drug-likeness (QED) is 0.749. The van der Waals surface area contributed by atoms with E-state index in [0.29, 0.717) is 11.4 Å². The number of benzene rings is 2. The van der Waals surface area contributed by atoms with Gasteiger partial charge in [0.15, 0.2) is 0 Å². The van der Waals surface area contributed by atoms with Crippen molar-refractivity contribution in [1.82, 2.24) is 10.6 Å². The van der Waals surface area contributed by atoms with E-state index in [1.54, 1.807) is 19.0 Å². The summed E-state index contributed by atoms with van der Waals surface area (Å²) in [6, 6.07) is 5.48. The van der Waals surface area contributed by atoms with Crippen LogP contribution >= 0.6 is 0 Å². The van der Waals surface area contributed by atoms with Gasteiger partial charge in [0.05, 0.1) is 0 Å². The molecule has 0 aliphatic carbocycles. The molecule has 2 atom stereocenters. The fraction of sp³-hybridized carbons (Fsp3) is 0.263. The lowest BCUT2D eigenvalue weighted by Crippen LogP contribution is -2.45. The van der Waals surface area contributed by atoms with Gasteiger partial charge in [-0.1, -0.05) is 0 Å². The maximum Gasteiger partial charge on any atom is 0.319 e. The number of carbonyl (C=O) groups excluding carboxylic acids is 2. The van der Waals surface area contributed by atoms with Crippen LogP contribution < -0.4 is 20.9 Å². The molecule has 3 amide bonds. The van der Waals surface area contributed by atoms with Crippen LogP contribution in [0, 0.1) is 17.5 Å². The maximum atomic E-state index is 14.6. The largest absolute Gasteiger partial charge is 0.377 e. The second kappa shape index (κ2) is 7.79. The van der Waals surface area contributed by atoms with Crippen LogP contribution in [0.4, 0.5) is 29.3 Å². The number of carbonyl (C=O) groups is 2. The molecule has 28 heavy (non-hydrogen) atoms. The Labute approximate surface area is 159 Å². The average molecular weight is 392 g/mol. The molecule has 0 unspecified atom stereocenters. The fourth-order valence-corrected chi connectivity index (χ4v) is 3.08. The predicted molar refractivity (Wildman–Crippen MR) is 98.8 cm³/mol. The summed E-state index contributed by atoms with van der Waals surface area (Å²) >= 11 is 0. The average Bonchev–Trinajstić information content (AvgIpc) is 2.97. The molecule has 3 rings (SSSR count). The summed E-state index contributed by atoms with van der Waals surface area (Å²) < 4.78 is 42.1. The summed E-state index contributed by atoms with van der Waals surface area (Å²) in [5.41, 5.74) is 0.382. The van der Waals surface area contributed by atoms with Gasteiger partial charge in [0.1, 0.15) is 23.5 Å². The van der Waals surface area contributed by atoms with Gasteiger partial charge in [0.25, 0.3) is 0 Å². The number of urea groups is 1. The van der Waals surface area contributed by atoms with Gasteiger partial charge in [0.2, 0.25) is 5.91 Å². The van der Waals surface area contributed by atoms with Crippen molar-refractivity contribution >= 4 is 23.3 Å². The standard InChI is InChI=1S/C19H19F3N4O2/c1-26(2)12-7-14(21)16(15(22)8-12)13-9-23-18(27)17(13)25-19(28)24-11-5-3-10(20)4-6-11/h3-8,13,17H,9H2,1-2H3,(H,23,27)(H2,24,25,28)/t13-,17-/m0/s1. The van der Waals surface area contributed by atoms with Crippen LogP contribution in [0.25, 0.3) is 0 Å². The van der Waals surface area contributed by atoms with E-state index in [1.165, 1.54) is 24.3 Å². The Morgan fingerprint density at radius 3 is 2.29 bits per heavy atom. The summed E-state index contributed by atoms with van der Waals surface area (Å²) in [7, 11) is 3.30. The number of nitrogens with one attached hydrogen (secondary N) is 3. The lowest BCUT2D eigenvalue weighted by molar-refractivity contribution is -0.120. The summed E-state index contributed by atoms with van der Waals surface area (Å²) in [4.78, 5) is 25.9. The van der Waals surface area contributed by atoms with Crippen molar-refractivity contribution in [3.63, 3.8) is 0 Å². The maximum absolute atomic E-state index is 14.6. The zero-order valence-corrected chi connectivity index (χ0v) is 15.2. The molecule has 0 spiro atoms. The Kier molecular flexibility index (Phi) is 5.43. The van der Waals surface area contributed by atoms with Crippen LogP contribution in [-0.2, 0) is 4.79 Å². The van der Waals surface area contributed by atoms with E-state index in [4.69, 9.17) is 0 Å². The Bertz CT molecular complexity index is 880. The molecule has 9 heteroatoms. The lowest BCUT2D eigenvalue weighted by Gasteiger charge is -2.21. The zero-order valence-electron chi connectivity index (χ0n) is 15.2. The molecule has 1 saturated heterocycles. The molecule has 1 fully saturated rings. The number of nitrogens with zero attached hydrogens (tertiary/aromatic N) is 1. The summed E-state index contributed by atoms with van der Waals surface area (Å²) in [6.07, 6.45) is 0. The van der Waals surface area contributed by atoms with E-state index in [9.17, 15) is 22.8 Å². The number of halogens is 3. The van der Waals surface area contributed by atoms with Gasteiger partial charge in [-0.2, -0.15) is 0 Å². The van der Waals surface area contributed by atoms with Crippen molar-refractivity contribution < 1.29 is 22.8 Å². The molecule has 0 saturated carbocycles. The molecule has 1 heterocycles. The van der Waals surface area contributed by atoms with Crippen LogP contribution in [-0.4, -0.2) is 38.6 Å². The van der Waals surface area contributed by atoms with Crippen molar-refractivity contribution in [1.29, 1.82) is 0 Å². The second-order valence-corrected chi connectivity index (χ2v) is 6.65. The SMILES string of the molecule is CN(C)c1cc(F)c([C@@H]2CNC(=O)[C@H]2NC(=O)Nc2ccc(F)cc2)c(F)c1. The summed E-state index contributed by atoms with van der Waals surface area (Å²) in [5.74, 6) is -3.52.